The SMILES string of the molecule is C=C[CH]CC(C)=CCCC(C)C=C. The molecule has 0 fully saturated rings. The van der Waals surface area contributed by atoms with Gasteiger partial charge in [0.1, 0.15) is 0 Å². The van der Waals surface area contributed by atoms with Crippen molar-refractivity contribution in [2.45, 2.75) is 33.1 Å². The minimum absolute atomic E-state index is 0.632. The Morgan fingerprint density at radius 1 is 1.38 bits per heavy atom. The van der Waals surface area contributed by atoms with Gasteiger partial charge in [0, 0.05) is 0 Å². The fourth-order valence-electron chi connectivity index (χ4n) is 1.06. The van der Waals surface area contributed by atoms with E-state index in [-0.39, 0.29) is 0 Å². The first-order chi connectivity index (χ1) is 6.20. The van der Waals surface area contributed by atoms with Crippen LogP contribution in [0, 0.1) is 12.3 Å². The third kappa shape index (κ3) is 7.58. The van der Waals surface area contributed by atoms with Gasteiger partial charge in [-0.3, -0.25) is 0 Å². The second kappa shape index (κ2) is 7.85. The van der Waals surface area contributed by atoms with Crippen molar-refractivity contribution in [1.29, 1.82) is 0 Å². The van der Waals surface area contributed by atoms with Crippen molar-refractivity contribution in [2.75, 3.05) is 0 Å². The maximum atomic E-state index is 3.77. The van der Waals surface area contributed by atoms with E-state index in [1.807, 2.05) is 12.2 Å². The molecule has 0 rings (SSSR count). The van der Waals surface area contributed by atoms with E-state index in [1.165, 1.54) is 12.0 Å². The molecule has 0 heterocycles. The summed E-state index contributed by atoms with van der Waals surface area (Å²) in [5.41, 5.74) is 1.43. The van der Waals surface area contributed by atoms with Crippen LogP contribution >= 0.6 is 0 Å². The molecule has 0 bridgehead atoms. The molecule has 0 saturated carbocycles. The molecule has 0 aromatic heterocycles. The van der Waals surface area contributed by atoms with Gasteiger partial charge < -0.3 is 0 Å². The molecule has 73 valence electrons. The predicted molar refractivity (Wildman–Crippen MR) is 61.5 cm³/mol. The van der Waals surface area contributed by atoms with E-state index < -0.39 is 0 Å². The van der Waals surface area contributed by atoms with Gasteiger partial charge in [-0.1, -0.05) is 30.7 Å². The molecule has 13 heavy (non-hydrogen) atoms. The van der Waals surface area contributed by atoms with Gasteiger partial charge >= 0.3 is 0 Å². The predicted octanol–water partition coefficient (Wildman–Crippen LogP) is 4.32. The lowest BCUT2D eigenvalue weighted by molar-refractivity contribution is 0.657. The van der Waals surface area contributed by atoms with E-state index in [4.69, 9.17) is 0 Å². The Labute approximate surface area is 83.0 Å². The highest BCUT2D eigenvalue weighted by atomic mass is 14.0. The van der Waals surface area contributed by atoms with Crippen LogP contribution in [0.15, 0.2) is 37.0 Å². The first-order valence-corrected chi connectivity index (χ1v) is 4.93. The molecule has 1 radical (unpaired) electrons. The van der Waals surface area contributed by atoms with Crippen molar-refractivity contribution in [3.05, 3.63) is 43.4 Å². The Hall–Kier alpha value is -0.780. The van der Waals surface area contributed by atoms with E-state index in [9.17, 15) is 0 Å². The largest absolute Gasteiger partial charge is 0.103 e. The highest BCUT2D eigenvalue weighted by molar-refractivity contribution is 5.05. The van der Waals surface area contributed by atoms with Crippen molar-refractivity contribution >= 4 is 0 Å². The first kappa shape index (κ1) is 12.2. The highest BCUT2D eigenvalue weighted by Gasteiger charge is 1.94. The van der Waals surface area contributed by atoms with Gasteiger partial charge in [-0.05, 0) is 38.5 Å². The number of hydrogen-bond donors (Lipinski definition) is 0. The number of allylic oxidation sites excluding steroid dienone is 4. The summed E-state index contributed by atoms with van der Waals surface area (Å²) in [6, 6.07) is 0. The van der Waals surface area contributed by atoms with E-state index in [1.54, 1.807) is 0 Å². The first-order valence-electron chi connectivity index (χ1n) is 4.93. The zero-order chi connectivity index (χ0) is 10.1. The van der Waals surface area contributed by atoms with Crippen LogP contribution in [-0.4, -0.2) is 0 Å². The molecular weight excluding hydrogens is 156 g/mol. The van der Waals surface area contributed by atoms with E-state index in [0.717, 1.165) is 12.8 Å². The van der Waals surface area contributed by atoms with Crippen LogP contribution in [0.5, 0.6) is 0 Å². The Bertz CT molecular complexity index is 174. The van der Waals surface area contributed by atoms with Gasteiger partial charge in [0.2, 0.25) is 0 Å². The third-order valence-corrected chi connectivity index (χ3v) is 2.12. The lowest BCUT2D eigenvalue weighted by Crippen LogP contribution is -1.87. The molecule has 0 N–H and O–H groups in total. The molecule has 0 aromatic rings. The van der Waals surface area contributed by atoms with Gasteiger partial charge in [0.25, 0.3) is 0 Å². The van der Waals surface area contributed by atoms with Gasteiger partial charge in [-0.2, -0.15) is 0 Å². The zero-order valence-electron chi connectivity index (χ0n) is 8.92. The van der Waals surface area contributed by atoms with Gasteiger partial charge in [-0.15, -0.1) is 13.2 Å². The van der Waals surface area contributed by atoms with Gasteiger partial charge in [0.15, 0.2) is 0 Å². The molecule has 0 heteroatoms. The molecule has 0 nitrogen and oxygen atoms in total. The van der Waals surface area contributed by atoms with E-state index in [0.29, 0.717) is 5.92 Å². The Balaban J connectivity index is 3.57. The average molecular weight is 177 g/mol. The van der Waals surface area contributed by atoms with Gasteiger partial charge in [0.05, 0.1) is 0 Å². The van der Waals surface area contributed by atoms with Crippen molar-refractivity contribution in [3.63, 3.8) is 0 Å². The lowest BCUT2D eigenvalue weighted by atomic mass is 10.0. The summed E-state index contributed by atoms with van der Waals surface area (Å²) in [6.07, 6.45) is 11.6. The summed E-state index contributed by atoms with van der Waals surface area (Å²) in [7, 11) is 0. The Morgan fingerprint density at radius 2 is 2.08 bits per heavy atom. The van der Waals surface area contributed by atoms with E-state index >= 15 is 0 Å². The molecule has 0 aromatic carbocycles. The molecule has 0 amide bonds. The van der Waals surface area contributed by atoms with Crippen LogP contribution in [0.2, 0.25) is 0 Å². The standard InChI is InChI=1S/C13H21/c1-5-7-9-13(4)11-8-10-12(3)6-2/h5-7,11-12H,1-2,8-10H2,3-4H3. The molecule has 0 aliphatic carbocycles. The Kier molecular flexibility index (Phi) is 7.38. The molecule has 0 aliphatic heterocycles. The fraction of sp³-hybridized carbons (Fsp3) is 0.462. The molecule has 0 saturated heterocycles. The van der Waals surface area contributed by atoms with Crippen LogP contribution in [0.25, 0.3) is 0 Å². The van der Waals surface area contributed by atoms with Crippen molar-refractivity contribution in [1.82, 2.24) is 0 Å². The molecule has 1 unspecified atom stereocenters. The highest BCUT2D eigenvalue weighted by Crippen LogP contribution is 2.10. The third-order valence-electron chi connectivity index (χ3n) is 2.12. The normalized spacial score (nSPS) is 13.8. The minimum Gasteiger partial charge on any atom is -0.103 e. The smallest absolute Gasteiger partial charge is 0.0133 e. The maximum Gasteiger partial charge on any atom is -0.0133 e. The summed E-state index contributed by atoms with van der Waals surface area (Å²) < 4.78 is 0. The quantitative estimate of drug-likeness (QED) is 0.508. The maximum absolute atomic E-state index is 3.77. The molecule has 0 aliphatic rings. The zero-order valence-corrected chi connectivity index (χ0v) is 8.92. The van der Waals surface area contributed by atoms with Gasteiger partial charge in [-0.25, -0.2) is 0 Å². The molecular formula is C13H21. The second-order valence-electron chi connectivity index (χ2n) is 3.52. The monoisotopic (exact) mass is 177 g/mol. The van der Waals surface area contributed by atoms with Crippen LogP contribution in [-0.2, 0) is 0 Å². The molecule has 1 atom stereocenters. The van der Waals surface area contributed by atoms with Crippen LogP contribution in [0.3, 0.4) is 0 Å². The van der Waals surface area contributed by atoms with E-state index in [2.05, 4.69) is 39.5 Å². The van der Waals surface area contributed by atoms with Crippen LogP contribution in [0.4, 0.5) is 0 Å². The number of hydrogen-bond acceptors (Lipinski definition) is 0. The Morgan fingerprint density at radius 3 is 2.62 bits per heavy atom. The lowest BCUT2D eigenvalue weighted by Gasteiger charge is -2.02. The summed E-state index contributed by atoms with van der Waals surface area (Å²) in [5.74, 6) is 0.632. The van der Waals surface area contributed by atoms with Crippen LogP contribution in [0.1, 0.15) is 33.1 Å². The summed E-state index contributed by atoms with van der Waals surface area (Å²) in [5, 5.41) is 0. The van der Waals surface area contributed by atoms with Crippen molar-refractivity contribution in [2.24, 2.45) is 5.92 Å². The van der Waals surface area contributed by atoms with Crippen molar-refractivity contribution < 1.29 is 0 Å². The summed E-state index contributed by atoms with van der Waals surface area (Å²) in [4.78, 5) is 0. The topological polar surface area (TPSA) is 0 Å². The average Bonchev–Trinajstić information content (AvgIpc) is 2.14. The van der Waals surface area contributed by atoms with Crippen molar-refractivity contribution in [3.8, 4) is 0 Å². The summed E-state index contributed by atoms with van der Waals surface area (Å²) >= 11 is 0. The van der Waals surface area contributed by atoms with Crippen LogP contribution < -0.4 is 0 Å². The minimum atomic E-state index is 0.632. The number of rotatable bonds is 7. The second-order valence-corrected chi connectivity index (χ2v) is 3.52. The summed E-state index contributed by atoms with van der Waals surface area (Å²) in [6.45, 7) is 11.8. The fourth-order valence-corrected chi connectivity index (χ4v) is 1.06. The molecule has 0 spiro atoms.